The predicted octanol–water partition coefficient (Wildman–Crippen LogP) is 2.42. The molecule has 2 amide bonds. The molecule has 0 bridgehead atoms. The van der Waals surface area contributed by atoms with Crippen LogP contribution in [0.3, 0.4) is 0 Å². The van der Waals surface area contributed by atoms with Gasteiger partial charge in [-0.25, -0.2) is 0 Å². The van der Waals surface area contributed by atoms with Gasteiger partial charge in [0.15, 0.2) is 6.61 Å². The van der Waals surface area contributed by atoms with Gasteiger partial charge in [-0.3, -0.25) is 14.4 Å². The molecular formula is C20H25N3O4. The highest BCUT2D eigenvalue weighted by atomic mass is 16.5. The van der Waals surface area contributed by atoms with E-state index in [-0.39, 0.29) is 24.8 Å². The molecular weight excluding hydrogens is 346 g/mol. The van der Waals surface area contributed by atoms with E-state index in [9.17, 15) is 19.6 Å². The van der Waals surface area contributed by atoms with Crippen LogP contribution in [0.5, 0.6) is 0 Å². The fraction of sp³-hybridized carbons (Fsp3) is 0.500. The van der Waals surface area contributed by atoms with Crippen LogP contribution in [0.1, 0.15) is 44.6 Å². The van der Waals surface area contributed by atoms with Crippen molar-refractivity contribution in [3.05, 3.63) is 29.8 Å². The van der Waals surface area contributed by atoms with Gasteiger partial charge in [0.25, 0.3) is 5.91 Å². The summed E-state index contributed by atoms with van der Waals surface area (Å²) < 4.78 is 5.09. The standard InChI is InChI=1S/C20H25N3O4/c1-15(24)22-17-8-6-16(7-9-17)12-19(26)27-13-18(25)23(2)20(14-21)10-4-3-5-11-20/h6-9H,3-5,10-13H2,1-2H3,(H,22,24). The first kappa shape index (κ1) is 20.4. The summed E-state index contributed by atoms with van der Waals surface area (Å²) in [6, 6.07) is 9.10. The van der Waals surface area contributed by atoms with E-state index in [1.165, 1.54) is 11.8 Å². The Morgan fingerprint density at radius 2 is 1.81 bits per heavy atom. The molecule has 27 heavy (non-hydrogen) atoms. The zero-order valence-electron chi connectivity index (χ0n) is 15.8. The lowest BCUT2D eigenvalue weighted by Crippen LogP contribution is -2.51. The Hall–Kier alpha value is -2.88. The fourth-order valence-corrected chi connectivity index (χ4v) is 3.26. The number of benzene rings is 1. The SMILES string of the molecule is CC(=O)Nc1ccc(CC(=O)OCC(=O)N(C)C2(C#N)CCCCC2)cc1. The lowest BCUT2D eigenvalue weighted by molar-refractivity contribution is -0.153. The second kappa shape index (κ2) is 9.17. The van der Waals surface area contributed by atoms with Crippen molar-refractivity contribution in [2.45, 2.75) is 51.0 Å². The monoisotopic (exact) mass is 371 g/mol. The zero-order valence-corrected chi connectivity index (χ0v) is 15.8. The van der Waals surface area contributed by atoms with Crippen molar-refractivity contribution >= 4 is 23.5 Å². The van der Waals surface area contributed by atoms with E-state index in [0.717, 1.165) is 24.8 Å². The molecule has 0 spiro atoms. The zero-order chi connectivity index (χ0) is 19.9. The molecule has 1 aliphatic carbocycles. The van der Waals surface area contributed by atoms with Crippen LogP contribution < -0.4 is 5.32 Å². The van der Waals surface area contributed by atoms with Gasteiger partial charge in [-0.2, -0.15) is 5.26 Å². The molecule has 1 saturated carbocycles. The van der Waals surface area contributed by atoms with Gasteiger partial charge in [0.05, 0.1) is 12.5 Å². The number of nitrogens with zero attached hydrogens (tertiary/aromatic N) is 2. The first-order valence-electron chi connectivity index (χ1n) is 9.06. The molecule has 7 heteroatoms. The highest BCUT2D eigenvalue weighted by Crippen LogP contribution is 2.32. The minimum Gasteiger partial charge on any atom is -0.455 e. The number of rotatable bonds is 6. The average Bonchev–Trinajstić information content (AvgIpc) is 2.67. The number of hydrogen-bond donors (Lipinski definition) is 1. The molecule has 0 radical (unpaired) electrons. The number of likely N-dealkylation sites (N-methyl/N-ethyl adjacent to an activating group) is 1. The first-order chi connectivity index (χ1) is 12.9. The molecule has 1 fully saturated rings. The topological polar surface area (TPSA) is 99.5 Å². The molecule has 0 aliphatic heterocycles. The number of hydrogen-bond acceptors (Lipinski definition) is 5. The molecule has 0 atom stereocenters. The third kappa shape index (κ3) is 5.55. The number of anilines is 1. The molecule has 0 saturated heterocycles. The Bertz CT molecular complexity index is 731. The molecule has 1 N–H and O–H groups in total. The Kier molecular flexibility index (Phi) is 6.94. The second-order valence-corrected chi connectivity index (χ2v) is 6.87. The lowest BCUT2D eigenvalue weighted by Gasteiger charge is -2.38. The van der Waals surface area contributed by atoms with E-state index in [1.54, 1.807) is 31.3 Å². The number of carbonyl (C=O) groups excluding carboxylic acids is 3. The van der Waals surface area contributed by atoms with Crippen molar-refractivity contribution in [3.8, 4) is 6.07 Å². The Morgan fingerprint density at radius 1 is 1.19 bits per heavy atom. The van der Waals surface area contributed by atoms with Crippen molar-refractivity contribution in [1.29, 1.82) is 5.26 Å². The molecule has 1 aromatic rings. The van der Waals surface area contributed by atoms with Crippen molar-refractivity contribution in [1.82, 2.24) is 4.90 Å². The summed E-state index contributed by atoms with van der Waals surface area (Å²) in [6.07, 6.45) is 4.24. The maximum atomic E-state index is 12.4. The molecule has 144 valence electrons. The van der Waals surface area contributed by atoms with Gasteiger partial charge in [-0.1, -0.05) is 31.4 Å². The minimum absolute atomic E-state index is 0.0285. The molecule has 0 unspecified atom stereocenters. The van der Waals surface area contributed by atoms with Gasteiger partial charge in [0.2, 0.25) is 5.91 Å². The van der Waals surface area contributed by atoms with Gasteiger partial charge < -0.3 is 15.0 Å². The van der Waals surface area contributed by atoms with Gasteiger partial charge in [-0.05, 0) is 30.5 Å². The molecule has 1 aromatic carbocycles. The smallest absolute Gasteiger partial charge is 0.310 e. The maximum absolute atomic E-state index is 12.4. The van der Waals surface area contributed by atoms with Crippen LogP contribution in [0.15, 0.2) is 24.3 Å². The predicted molar refractivity (Wildman–Crippen MR) is 99.6 cm³/mol. The fourth-order valence-electron chi connectivity index (χ4n) is 3.26. The highest BCUT2D eigenvalue weighted by molar-refractivity contribution is 5.88. The van der Waals surface area contributed by atoms with Crippen LogP contribution in [0.4, 0.5) is 5.69 Å². The number of carbonyl (C=O) groups is 3. The third-order valence-corrected chi connectivity index (χ3v) is 4.88. The van der Waals surface area contributed by atoms with Gasteiger partial charge in [0, 0.05) is 19.7 Å². The number of esters is 1. The van der Waals surface area contributed by atoms with E-state index in [4.69, 9.17) is 4.74 Å². The third-order valence-electron chi connectivity index (χ3n) is 4.88. The van der Waals surface area contributed by atoms with Crippen molar-refractivity contribution in [2.24, 2.45) is 0 Å². The number of amides is 2. The van der Waals surface area contributed by atoms with E-state index in [2.05, 4.69) is 11.4 Å². The van der Waals surface area contributed by atoms with Gasteiger partial charge >= 0.3 is 5.97 Å². The molecule has 0 aromatic heterocycles. The second-order valence-electron chi connectivity index (χ2n) is 6.87. The number of nitriles is 1. The molecule has 7 nitrogen and oxygen atoms in total. The minimum atomic E-state index is -0.790. The summed E-state index contributed by atoms with van der Waals surface area (Å²) in [5.74, 6) is -1.05. The Labute approximate surface area is 159 Å². The van der Waals surface area contributed by atoms with E-state index >= 15 is 0 Å². The summed E-state index contributed by atoms with van der Waals surface area (Å²) in [4.78, 5) is 36.8. The summed E-state index contributed by atoms with van der Waals surface area (Å²) in [7, 11) is 1.60. The summed E-state index contributed by atoms with van der Waals surface area (Å²) >= 11 is 0. The highest BCUT2D eigenvalue weighted by Gasteiger charge is 2.38. The average molecular weight is 371 g/mol. The van der Waals surface area contributed by atoms with Crippen molar-refractivity contribution in [2.75, 3.05) is 19.0 Å². The maximum Gasteiger partial charge on any atom is 0.310 e. The van der Waals surface area contributed by atoms with Crippen LogP contribution in [0.25, 0.3) is 0 Å². The summed E-state index contributed by atoms with van der Waals surface area (Å²) in [5, 5.41) is 12.2. The van der Waals surface area contributed by atoms with Crippen LogP contribution in [-0.4, -0.2) is 41.9 Å². The Morgan fingerprint density at radius 3 is 2.37 bits per heavy atom. The lowest BCUT2D eigenvalue weighted by atomic mass is 9.81. The van der Waals surface area contributed by atoms with E-state index in [1.807, 2.05) is 0 Å². The summed E-state index contributed by atoms with van der Waals surface area (Å²) in [6.45, 7) is 1.05. The molecule has 1 aliphatic rings. The van der Waals surface area contributed by atoms with Crippen LogP contribution in [0.2, 0.25) is 0 Å². The van der Waals surface area contributed by atoms with E-state index < -0.39 is 11.5 Å². The van der Waals surface area contributed by atoms with Gasteiger partial charge in [0.1, 0.15) is 5.54 Å². The van der Waals surface area contributed by atoms with Crippen molar-refractivity contribution in [3.63, 3.8) is 0 Å². The number of ether oxygens (including phenoxy) is 1. The van der Waals surface area contributed by atoms with Crippen LogP contribution in [0, 0.1) is 11.3 Å². The molecule has 2 rings (SSSR count). The van der Waals surface area contributed by atoms with Crippen LogP contribution >= 0.6 is 0 Å². The van der Waals surface area contributed by atoms with Crippen LogP contribution in [-0.2, 0) is 25.5 Å². The first-order valence-corrected chi connectivity index (χ1v) is 9.06. The largest absolute Gasteiger partial charge is 0.455 e. The normalized spacial score (nSPS) is 15.3. The Balaban J connectivity index is 1.84. The van der Waals surface area contributed by atoms with Crippen molar-refractivity contribution < 1.29 is 19.1 Å². The quantitative estimate of drug-likeness (QED) is 0.774. The molecule has 0 heterocycles. The van der Waals surface area contributed by atoms with Gasteiger partial charge in [-0.15, -0.1) is 0 Å². The summed E-state index contributed by atoms with van der Waals surface area (Å²) in [5.41, 5.74) is 0.572. The number of nitrogens with one attached hydrogen (secondary N) is 1. The van der Waals surface area contributed by atoms with E-state index in [0.29, 0.717) is 18.5 Å².